The van der Waals surface area contributed by atoms with Gasteiger partial charge in [-0.1, -0.05) is 72.4 Å². The average Bonchev–Trinajstić information content (AvgIpc) is 3.12. The van der Waals surface area contributed by atoms with Gasteiger partial charge in [0.1, 0.15) is 5.82 Å². The Balaban J connectivity index is 1.72. The van der Waals surface area contributed by atoms with E-state index in [1.165, 1.54) is 6.07 Å². The Bertz CT molecular complexity index is 1000. The zero-order valence-corrected chi connectivity index (χ0v) is 14.7. The second-order valence-electron chi connectivity index (χ2n) is 5.76. The van der Waals surface area contributed by atoms with Crippen LogP contribution in [0.2, 0.25) is 0 Å². The normalized spacial score (nSPS) is 10.8. The molecular weight excluding hydrogens is 345 g/mol. The molecule has 0 saturated carbocycles. The number of hydrogen-bond acceptors (Lipinski definition) is 3. The maximum absolute atomic E-state index is 13.4. The summed E-state index contributed by atoms with van der Waals surface area (Å²) in [5.41, 5.74) is 2.92. The Kier molecular flexibility index (Phi) is 4.80. The first-order valence-electron chi connectivity index (χ1n) is 8.25. The van der Waals surface area contributed by atoms with E-state index in [0.29, 0.717) is 5.75 Å². The van der Waals surface area contributed by atoms with E-state index in [1.54, 1.807) is 23.9 Å². The lowest BCUT2D eigenvalue weighted by molar-refractivity contribution is 0.626. The Morgan fingerprint density at radius 2 is 1.54 bits per heavy atom. The zero-order valence-electron chi connectivity index (χ0n) is 13.9. The summed E-state index contributed by atoms with van der Waals surface area (Å²) in [5, 5.41) is 9.58. The number of halogens is 1. The van der Waals surface area contributed by atoms with Crippen LogP contribution in [0.3, 0.4) is 0 Å². The molecule has 0 saturated heterocycles. The molecule has 1 aromatic heterocycles. The standard InChI is InChI=1S/C21H16FN3S/c22-18-11-7-8-16(14-18)15-26-21-24-23-20(17-9-3-1-4-10-17)25(21)19-12-5-2-6-13-19/h1-14H,15H2. The van der Waals surface area contributed by atoms with Crippen LogP contribution in [0.15, 0.2) is 90.1 Å². The molecule has 3 nitrogen and oxygen atoms in total. The summed E-state index contributed by atoms with van der Waals surface area (Å²) >= 11 is 1.54. The SMILES string of the molecule is Fc1cccc(CSc2nnc(-c3ccccc3)n2-c2ccccc2)c1. The fraction of sp³-hybridized carbons (Fsp3) is 0.0476. The van der Waals surface area contributed by atoms with E-state index >= 15 is 0 Å². The lowest BCUT2D eigenvalue weighted by Crippen LogP contribution is -1.99. The van der Waals surface area contributed by atoms with E-state index in [2.05, 4.69) is 10.2 Å². The van der Waals surface area contributed by atoms with Crippen LogP contribution in [0.5, 0.6) is 0 Å². The highest BCUT2D eigenvalue weighted by Gasteiger charge is 2.16. The lowest BCUT2D eigenvalue weighted by atomic mass is 10.2. The van der Waals surface area contributed by atoms with Crippen molar-refractivity contribution in [3.8, 4) is 17.1 Å². The first-order chi connectivity index (χ1) is 12.8. The minimum absolute atomic E-state index is 0.224. The second-order valence-corrected chi connectivity index (χ2v) is 6.70. The number of hydrogen-bond donors (Lipinski definition) is 0. The molecule has 26 heavy (non-hydrogen) atoms. The summed E-state index contributed by atoms with van der Waals surface area (Å²) in [7, 11) is 0. The van der Waals surface area contributed by atoms with Gasteiger partial charge in [0.2, 0.25) is 0 Å². The second kappa shape index (κ2) is 7.54. The third kappa shape index (κ3) is 3.53. The van der Waals surface area contributed by atoms with Crippen molar-refractivity contribution in [3.05, 3.63) is 96.3 Å². The van der Waals surface area contributed by atoms with Crippen molar-refractivity contribution in [2.75, 3.05) is 0 Å². The molecule has 0 fully saturated rings. The van der Waals surface area contributed by atoms with E-state index in [1.807, 2.05) is 71.3 Å². The van der Waals surface area contributed by atoms with Gasteiger partial charge >= 0.3 is 0 Å². The van der Waals surface area contributed by atoms with Crippen LogP contribution in [0.4, 0.5) is 4.39 Å². The molecule has 0 spiro atoms. The fourth-order valence-electron chi connectivity index (χ4n) is 2.72. The maximum atomic E-state index is 13.4. The molecule has 0 amide bonds. The molecule has 0 aliphatic heterocycles. The molecule has 0 unspecified atom stereocenters. The smallest absolute Gasteiger partial charge is 0.196 e. The van der Waals surface area contributed by atoms with E-state index in [9.17, 15) is 4.39 Å². The predicted molar refractivity (Wildman–Crippen MR) is 103 cm³/mol. The van der Waals surface area contributed by atoms with Crippen LogP contribution in [0, 0.1) is 5.82 Å². The number of para-hydroxylation sites is 1. The molecule has 128 valence electrons. The van der Waals surface area contributed by atoms with Crippen molar-refractivity contribution in [2.24, 2.45) is 0 Å². The van der Waals surface area contributed by atoms with Gasteiger partial charge in [0.05, 0.1) is 0 Å². The summed E-state index contributed by atoms with van der Waals surface area (Å²) in [4.78, 5) is 0. The molecule has 1 heterocycles. The molecule has 0 radical (unpaired) electrons. The maximum Gasteiger partial charge on any atom is 0.196 e. The van der Waals surface area contributed by atoms with Crippen LogP contribution in [0.25, 0.3) is 17.1 Å². The summed E-state index contributed by atoms with van der Waals surface area (Å²) in [6, 6.07) is 26.7. The topological polar surface area (TPSA) is 30.7 Å². The highest BCUT2D eigenvalue weighted by molar-refractivity contribution is 7.98. The van der Waals surface area contributed by atoms with Crippen LogP contribution < -0.4 is 0 Å². The minimum Gasteiger partial charge on any atom is -0.270 e. The number of rotatable bonds is 5. The van der Waals surface area contributed by atoms with Gasteiger partial charge in [0, 0.05) is 17.0 Å². The van der Waals surface area contributed by atoms with E-state index in [4.69, 9.17) is 0 Å². The quantitative estimate of drug-likeness (QED) is 0.448. The van der Waals surface area contributed by atoms with Crippen LogP contribution in [-0.4, -0.2) is 14.8 Å². The summed E-state index contributed by atoms with van der Waals surface area (Å²) in [6.45, 7) is 0. The van der Waals surface area contributed by atoms with Crippen molar-refractivity contribution in [2.45, 2.75) is 10.9 Å². The zero-order chi connectivity index (χ0) is 17.8. The van der Waals surface area contributed by atoms with Crippen LogP contribution in [-0.2, 0) is 5.75 Å². The van der Waals surface area contributed by atoms with Crippen molar-refractivity contribution in [3.63, 3.8) is 0 Å². The van der Waals surface area contributed by atoms with Crippen LogP contribution in [0.1, 0.15) is 5.56 Å². The monoisotopic (exact) mass is 361 g/mol. The Labute approximate surface area is 155 Å². The van der Waals surface area contributed by atoms with Crippen molar-refractivity contribution in [1.82, 2.24) is 14.8 Å². The molecular formula is C21H16FN3S. The Morgan fingerprint density at radius 3 is 2.27 bits per heavy atom. The van der Waals surface area contributed by atoms with Crippen molar-refractivity contribution >= 4 is 11.8 Å². The third-order valence-electron chi connectivity index (χ3n) is 3.94. The molecule has 0 bridgehead atoms. The largest absolute Gasteiger partial charge is 0.270 e. The molecule has 3 aromatic carbocycles. The summed E-state index contributed by atoms with van der Waals surface area (Å²) in [6.07, 6.45) is 0. The van der Waals surface area contributed by atoms with Gasteiger partial charge < -0.3 is 0 Å². The number of aromatic nitrogens is 3. The molecule has 0 N–H and O–H groups in total. The minimum atomic E-state index is -0.224. The Hall–Kier alpha value is -2.92. The highest BCUT2D eigenvalue weighted by atomic mass is 32.2. The summed E-state index contributed by atoms with van der Waals surface area (Å²) < 4.78 is 15.5. The third-order valence-corrected chi connectivity index (χ3v) is 4.94. The van der Waals surface area contributed by atoms with E-state index in [0.717, 1.165) is 27.8 Å². The first kappa shape index (κ1) is 16.5. The van der Waals surface area contributed by atoms with Gasteiger partial charge in [-0.25, -0.2) is 4.39 Å². The molecule has 0 aliphatic rings. The number of thioether (sulfide) groups is 1. The van der Waals surface area contributed by atoms with E-state index < -0.39 is 0 Å². The molecule has 4 rings (SSSR count). The lowest BCUT2D eigenvalue weighted by Gasteiger charge is -2.10. The molecule has 4 aromatic rings. The molecule has 0 atom stereocenters. The average molecular weight is 361 g/mol. The molecule has 5 heteroatoms. The van der Waals surface area contributed by atoms with Gasteiger partial charge in [0.15, 0.2) is 11.0 Å². The Morgan fingerprint density at radius 1 is 0.808 bits per heavy atom. The van der Waals surface area contributed by atoms with Crippen molar-refractivity contribution < 1.29 is 4.39 Å². The van der Waals surface area contributed by atoms with Gasteiger partial charge in [-0.15, -0.1) is 10.2 Å². The highest BCUT2D eigenvalue weighted by Crippen LogP contribution is 2.29. The molecule has 0 aliphatic carbocycles. The van der Waals surface area contributed by atoms with Gasteiger partial charge in [-0.2, -0.15) is 0 Å². The van der Waals surface area contributed by atoms with E-state index in [-0.39, 0.29) is 5.82 Å². The van der Waals surface area contributed by atoms with Gasteiger partial charge in [-0.3, -0.25) is 4.57 Å². The number of nitrogens with zero attached hydrogens (tertiary/aromatic N) is 3. The van der Waals surface area contributed by atoms with Gasteiger partial charge in [0.25, 0.3) is 0 Å². The van der Waals surface area contributed by atoms with Crippen LogP contribution >= 0.6 is 11.8 Å². The van der Waals surface area contributed by atoms with Gasteiger partial charge in [-0.05, 0) is 29.8 Å². The fourth-order valence-corrected chi connectivity index (χ4v) is 3.62. The first-order valence-corrected chi connectivity index (χ1v) is 9.23. The predicted octanol–water partition coefficient (Wildman–Crippen LogP) is 5.37. The summed E-state index contributed by atoms with van der Waals surface area (Å²) in [5.74, 6) is 1.19. The van der Waals surface area contributed by atoms with Crippen molar-refractivity contribution in [1.29, 1.82) is 0 Å². The number of benzene rings is 3.